The van der Waals surface area contributed by atoms with Crippen LogP contribution in [0.1, 0.15) is 42.4 Å². The minimum atomic E-state index is -0.722. The molecule has 0 spiro atoms. The highest BCUT2D eigenvalue weighted by atomic mass is 16.5. The summed E-state index contributed by atoms with van der Waals surface area (Å²) in [6.07, 6.45) is 2.43. The normalized spacial score (nSPS) is 17.7. The number of rotatable bonds is 8. The molecule has 2 atom stereocenters. The summed E-state index contributed by atoms with van der Waals surface area (Å²) >= 11 is 0. The molecule has 1 aromatic rings. The minimum absolute atomic E-state index is 0.0760. The summed E-state index contributed by atoms with van der Waals surface area (Å²) in [6.45, 7) is 0.511. The molecule has 4 heteroatoms. The van der Waals surface area contributed by atoms with Gasteiger partial charge in [0, 0.05) is 14.2 Å². The Hall–Kier alpha value is -1.39. The maximum Gasteiger partial charge on any atom is 0.303 e. The van der Waals surface area contributed by atoms with Crippen molar-refractivity contribution >= 4 is 5.97 Å². The zero-order valence-corrected chi connectivity index (χ0v) is 12.0. The first kappa shape index (κ1) is 15.0. The third-order valence-electron chi connectivity index (χ3n) is 3.92. The SMILES string of the molecule is COCC(OC)c1ccc(C(CC(=O)O)C2CC2)cc1. The van der Waals surface area contributed by atoms with Gasteiger partial charge in [0.15, 0.2) is 0 Å². The molecule has 0 bridgehead atoms. The molecule has 0 saturated heterocycles. The molecule has 0 amide bonds. The van der Waals surface area contributed by atoms with E-state index in [1.807, 2.05) is 24.3 Å². The number of hydrogen-bond acceptors (Lipinski definition) is 3. The van der Waals surface area contributed by atoms with E-state index in [1.165, 1.54) is 0 Å². The largest absolute Gasteiger partial charge is 0.481 e. The molecular formula is C16H22O4. The smallest absolute Gasteiger partial charge is 0.303 e. The van der Waals surface area contributed by atoms with Gasteiger partial charge in [-0.05, 0) is 35.8 Å². The van der Waals surface area contributed by atoms with E-state index in [2.05, 4.69) is 0 Å². The molecule has 20 heavy (non-hydrogen) atoms. The number of carboxylic acid groups (broad SMARTS) is 1. The van der Waals surface area contributed by atoms with Crippen LogP contribution in [-0.2, 0) is 14.3 Å². The second-order valence-electron chi connectivity index (χ2n) is 5.39. The topological polar surface area (TPSA) is 55.8 Å². The van der Waals surface area contributed by atoms with E-state index in [0.717, 1.165) is 24.0 Å². The van der Waals surface area contributed by atoms with Crippen molar-refractivity contribution in [1.29, 1.82) is 0 Å². The Balaban J connectivity index is 2.11. The first-order chi connectivity index (χ1) is 9.65. The Morgan fingerprint density at radius 1 is 1.25 bits per heavy atom. The molecule has 0 heterocycles. The van der Waals surface area contributed by atoms with Crippen LogP contribution in [0.15, 0.2) is 24.3 Å². The van der Waals surface area contributed by atoms with Crippen LogP contribution in [0, 0.1) is 5.92 Å². The van der Waals surface area contributed by atoms with Crippen molar-refractivity contribution in [3.8, 4) is 0 Å². The number of methoxy groups -OCH3 is 2. The number of benzene rings is 1. The van der Waals surface area contributed by atoms with Gasteiger partial charge in [0.2, 0.25) is 0 Å². The van der Waals surface area contributed by atoms with Crippen molar-refractivity contribution < 1.29 is 19.4 Å². The summed E-state index contributed by atoms with van der Waals surface area (Å²) in [4.78, 5) is 11.0. The highest BCUT2D eigenvalue weighted by Gasteiger charge is 2.33. The van der Waals surface area contributed by atoms with Gasteiger partial charge in [0.1, 0.15) is 6.10 Å². The van der Waals surface area contributed by atoms with Crippen LogP contribution < -0.4 is 0 Å². The van der Waals surface area contributed by atoms with Crippen molar-refractivity contribution in [3.63, 3.8) is 0 Å². The predicted octanol–water partition coefficient (Wildman–Crippen LogP) is 2.99. The monoisotopic (exact) mass is 278 g/mol. The van der Waals surface area contributed by atoms with Gasteiger partial charge in [-0.15, -0.1) is 0 Å². The number of carbonyl (C=O) groups is 1. The van der Waals surface area contributed by atoms with Crippen molar-refractivity contribution in [2.45, 2.75) is 31.3 Å². The maximum absolute atomic E-state index is 11.0. The summed E-state index contributed by atoms with van der Waals surface area (Å²) in [5.41, 5.74) is 2.17. The van der Waals surface area contributed by atoms with Gasteiger partial charge < -0.3 is 14.6 Å². The van der Waals surface area contributed by atoms with Gasteiger partial charge >= 0.3 is 5.97 Å². The highest BCUT2D eigenvalue weighted by Crippen LogP contribution is 2.44. The second kappa shape index (κ2) is 6.86. The van der Waals surface area contributed by atoms with Gasteiger partial charge in [0.05, 0.1) is 13.0 Å². The van der Waals surface area contributed by atoms with Gasteiger partial charge in [0.25, 0.3) is 0 Å². The van der Waals surface area contributed by atoms with E-state index in [4.69, 9.17) is 14.6 Å². The molecule has 1 aliphatic carbocycles. The molecule has 2 unspecified atom stereocenters. The van der Waals surface area contributed by atoms with Crippen LogP contribution in [0.2, 0.25) is 0 Å². The van der Waals surface area contributed by atoms with E-state index < -0.39 is 5.97 Å². The van der Waals surface area contributed by atoms with Crippen molar-refractivity contribution in [2.75, 3.05) is 20.8 Å². The molecule has 1 N–H and O–H groups in total. The lowest BCUT2D eigenvalue weighted by Crippen LogP contribution is -2.10. The van der Waals surface area contributed by atoms with Crippen molar-refractivity contribution in [1.82, 2.24) is 0 Å². The van der Waals surface area contributed by atoms with Crippen LogP contribution in [-0.4, -0.2) is 31.9 Å². The van der Waals surface area contributed by atoms with Gasteiger partial charge in [-0.2, -0.15) is 0 Å². The third-order valence-corrected chi connectivity index (χ3v) is 3.92. The first-order valence-electron chi connectivity index (χ1n) is 6.99. The summed E-state index contributed by atoms with van der Waals surface area (Å²) in [7, 11) is 3.31. The number of hydrogen-bond donors (Lipinski definition) is 1. The highest BCUT2D eigenvalue weighted by molar-refractivity contribution is 5.68. The fourth-order valence-electron chi connectivity index (χ4n) is 2.65. The standard InChI is InChI=1S/C16H22O4/c1-19-10-15(20-2)13-7-5-12(6-8-13)14(9-16(17)18)11-3-4-11/h5-8,11,14-15H,3-4,9-10H2,1-2H3,(H,17,18). The second-order valence-corrected chi connectivity index (χ2v) is 5.39. The van der Waals surface area contributed by atoms with Crippen LogP contribution >= 0.6 is 0 Å². The van der Waals surface area contributed by atoms with Gasteiger partial charge in [-0.3, -0.25) is 4.79 Å². The molecular weight excluding hydrogens is 256 g/mol. The Labute approximate surface area is 119 Å². The van der Waals surface area contributed by atoms with Crippen LogP contribution in [0.4, 0.5) is 0 Å². The summed E-state index contributed by atoms with van der Waals surface area (Å²) in [5, 5.41) is 9.04. The van der Waals surface area contributed by atoms with E-state index >= 15 is 0 Å². The van der Waals surface area contributed by atoms with E-state index in [-0.39, 0.29) is 18.4 Å². The van der Waals surface area contributed by atoms with E-state index in [1.54, 1.807) is 14.2 Å². The summed E-state index contributed by atoms with van der Waals surface area (Å²) in [6, 6.07) is 8.09. The van der Waals surface area contributed by atoms with Crippen LogP contribution in [0.3, 0.4) is 0 Å². The van der Waals surface area contributed by atoms with Crippen molar-refractivity contribution in [3.05, 3.63) is 35.4 Å². The lowest BCUT2D eigenvalue weighted by Gasteiger charge is -2.18. The first-order valence-corrected chi connectivity index (χ1v) is 6.99. The number of ether oxygens (including phenoxy) is 2. The Morgan fingerprint density at radius 2 is 1.85 bits per heavy atom. The average molecular weight is 278 g/mol. The van der Waals surface area contributed by atoms with Crippen molar-refractivity contribution in [2.24, 2.45) is 5.92 Å². The minimum Gasteiger partial charge on any atom is -0.481 e. The third kappa shape index (κ3) is 3.81. The van der Waals surface area contributed by atoms with E-state index in [9.17, 15) is 4.79 Å². The molecule has 1 aliphatic rings. The lowest BCUT2D eigenvalue weighted by atomic mass is 9.90. The zero-order chi connectivity index (χ0) is 14.5. The Morgan fingerprint density at radius 3 is 2.30 bits per heavy atom. The molecule has 0 aromatic heterocycles. The number of aliphatic carboxylic acids is 1. The predicted molar refractivity (Wildman–Crippen MR) is 75.8 cm³/mol. The lowest BCUT2D eigenvalue weighted by molar-refractivity contribution is -0.137. The molecule has 2 rings (SSSR count). The molecule has 1 saturated carbocycles. The fourth-order valence-corrected chi connectivity index (χ4v) is 2.65. The molecule has 1 fully saturated rings. The summed E-state index contributed by atoms with van der Waals surface area (Å²) < 4.78 is 10.5. The fraction of sp³-hybridized carbons (Fsp3) is 0.562. The molecule has 110 valence electrons. The average Bonchev–Trinajstić information content (AvgIpc) is 3.27. The molecule has 4 nitrogen and oxygen atoms in total. The molecule has 0 radical (unpaired) electrons. The van der Waals surface area contributed by atoms with Crippen LogP contribution in [0.5, 0.6) is 0 Å². The van der Waals surface area contributed by atoms with Gasteiger partial charge in [-0.25, -0.2) is 0 Å². The molecule has 1 aromatic carbocycles. The Bertz CT molecular complexity index is 436. The Kier molecular flexibility index (Phi) is 5.15. The molecule has 0 aliphatic heterocycles. The maximum atomic E-state index is 11.0. The quantitative estimate of drug-likeness (QED) is 0.794. The van der Waals surface area contributed by atoms with Crippen LogP contribution in [0.25, 0.3) is 0 Å². The van der Waals surface area contributed by atoms with Gasteiger partial charge in [-0.1, -0.05) is 24.3 Å². The summed E-state index contributed by atoms with van der Waals surface area (Å²) in [5.74, 6) is -0.0424. The zero-order valence-electron chi connectivity index (χ0n) is 12.0. The number of carboxylic acids is 1. The van der Waals surface area contributed by atoms with E-state index in [0.29, 0.717) is 12.5 Å².